The molecule has 0 radical (unpaired) electrons. The van der Waals surface area contributed by atoms with Crippen molar-refractivity contribution in [3.05, 3.63) is 48.5 Å². The molecule has 1 fully saturated rings. The molecule has 1 aliphatic carbocycles. The van der Waals surface area contributed by atoms with Crippen LogP contribution in [0.25, 0.3) is 11.1 Å². The summed E-state index contributed by atoms with van der Waals surface area (Å²) in [6.45, 7) is 23.2. The van der Waals surface area contributed by atoms with Crippen molar-refractivity contribution in [3.8, 4) is 16.9 Å². The number of aliphatic hydroxyl groups excluding tert-OH is 1. The number of carbonyl (C=O) groups excluding carboxylic acids is 1. The lowest BCUT2D eigenvalue weighted by Gasteiger charge is -2.55. The fourth-order valence-corrected chi connectivity index (χ4v) is 9.67. The van der Waals surface area contributed by atoms with Crippen molar-refractivity contribution >= 4 is 18.9 Å². The Labute approximate surface area is 270 Å². The molecule has 250 valence electrons. The Hall–Kier alpha value is -2.18. The van der Waals surface area contributed by atoms with Crippen molar-refractivity contribution in [2.24, 2.45) is 32.5 Å². The number of carbonyl (C=O) groups is 1. The van der Waals surface area contributed by atoms with Gasteiger partial charge in [-0.25, -0.2) is 4.57 Å². The smallest absolute Gasteiger partial charge is 0.411 e. The SMILES string of the molecule is CC(C)(CC(C)(C)C(C)(COCCO)C(C)(C)C)CC1(C(=O)OCCOP2(=O)Oc3ccccc3-c3ccccc32)CC1(C)C. The van der Waals surface area contributed by atoms with Gasteiger partial charge in [0.15, 0.2) is 0 Å². The van der Waals surface area contributed by atoms with Gasteiger partial charge in [0.05, 0.1) is 37.1 Å². The average Bonchev–Trinajstić information content (AvgIpc) is 3.49. The van der Waals surface area contributed by atoms with Gasteiger partial charge >= 0.3 is 13.6 Å². The number of para-hydroxylation sites is 1. The molecule has 2 aromatic rings. The number of aliphatic hydroxyl groups is 1. The van der Waals surface area contributed by atoms with E-state index in [-0.39, 0.29) is 52.9 Å². The molecule has 4 rings (SSSR count). The van der Waals surface area contributed by atoms with E-state index in [1.165, 1.54) is 0 Å². The highest BCUT2D eigenvalue weighted by atomic mass is 31.2. The van der Waals surface area contributed by atoms with E-state index in [2.05, 4.69) is 69.2 Å². The lowest BCUT2D eigenvalue weighted by atomic mass is 9.51. The van der Waals surface area contributed by atoms with E-state index in [1.807, 2.05) is 36.4 Å². The lowest BCUT2D eigenvalue weighted by Crippen LogP contribution is -2.50. The van der Waals surface area contributed by atoms with Crippen molar-refractivity contribution < 1.29 is 33.0 Å². The Balaban J connectivity index is 1.42. The molecule has 45 heavy (non-hydrogen) atoms. The Morgan fingerprint density at radius 3 is 2.11 bits per heavy atom. The van der Waals surface area contributed by atoms with Gasteiger partial charge in [-0.15, -0.1) is 0 Å². The summed E-state index contributed by atoms with van der Waals surface area (Å²) in [5.74, 6) is 0.295. The summed E-state index contributed by atoms with van der Waals surface area (Å²) in [5, 5.41) is 9.84. The molecule has 1 saturated carbocycles. The van der Waals surface area contributed by atoms with Crippen molar-refractivity contribution in [2.75, 3.05) is 33.0 Å². The van der Waals surface area contributed by atoms with Crippen molar-refractivity contribution in [1.82, 2.24) is 0 Å². The summed E-state index contributed by atoms with van der Waals surface area (Å²) < 4.78 is 37.6. The topological polar surface area (TPSA) is 91.3 Å². The highest BCUT2D eigenvalue weighted by molar-refractivity contribution is 7.63. The van der Waals surface area contributed by atoms with Crippen LogP contribution in [0.3, 0.4) is 0 Å². The monoisotopic (exact) mass is 642 g/mol. The van der Waals surface area contributed by atoms with Crippen LogP contribution in [-0.2, 0) is 23.4 Å². The molecule has 1 aliphatic heterocycles. The van der Waals surface area contributed by atoms with Crippen molar-refractivity contribution in [3.63, 3.8) is 0 Å². The third kappa shape index (κ3) is 6.93. The van der Waals surface area contributed by atoms with Crippen LogP contribution >= 0.6 is 7.60 Å². The van der Waals surface area contributed by atoms with Gasteiger partial charge in [-0.2, -0.15) is 0 Å². The maximum atomic E-state index is 13.9. The third-order valence-corrected chi connectivity index (χ3v) is 12.9. The van der Waals surface area contributed by atoms with Crippen molar-refractivity contribution in [1.29, 1.82) is 0 Å². The second kappa shape index (κ2) is 12.4. The Kier molecular flexibility index (Phi) is 9.87. The first-order valence-electron chi connectivity index (χ1n) is 16.2. The Bertz CT molecular complexity index is 1420. The highest BCUT2D eigenvalue weighted by Crippen LogP contribution is 2.69. The Morgan fingerprint density at radius 1 is 0.911 bits per heavy atom. The van der Waals surface area contributed by atoms with Crippen LogP contribution in [0, 0.1) is 32.5 Å². The van der Waals surface area contributed by atoms with E-state index in [1.54, 1.807) is 12.1 Å². The number of ether oxygens (including phenoxy) is 2. The zero-order chi connectivity index (χ0) is 33.5. The lowest BCUT2D eigenvalue weighted by molar-refractivity contribution is -0.155. The molecule has 0 spiro atoms. The first kappa shape index (κ1) is 35.7. The summed E-state index contributed by atoms with van der Waals surface area (Å²) in [6, 6.07) is 14.9. The van der Waals surface area contributed by atoms with Gasteiger partial charge in [-0.1, -0.05) is 106 Å². The fraction of sp³-hybridized carbons (Fsp3) is 0.649. The molecule has 0 bridgehead atoms. The molecule has 3 atom stereocenters. The Morgan fingerprint density at radius 2 is 1.51 bits per heavy atom. The summed E-state index contributed by atoms with van der Waals surface area (Å²) in [4.78, 5) is 13.8. The number of fused-ring (bicyclic) bond motifs is 3. The van der Waals surface area contributed by atoms with Gasteiger partial charge in [0.25, 0.3) is 0 Å². The van der Waals surface area contributed by atoms with Crippen LogP contribution in [0.5, 0.6) is 5.75 Å². The standard InChI is InChI=1S/C37H55O7P/c1-32(2,3)36(10,26-41-20-19-38)34(6,7)23-33(4,5)24-37(25-35(37,8)9)31(39)42-21-22-43-45(40)30-18-14-12-16-28(30)27-15-11-13-17-29(27)44-45/h11-18,38H,19-26H2,1-10H3. The second-order valence-corrected chi connectivity index (χ2v) is 18.4. The fourth-order valence-electron chi connectivity index (χ4n) is 7.88. The van der Waals surface area contributed by atoms with E-state index in [4.69, 9.17) is 18.5 Å². The molecule has 3 unspecified atom stereocenters. The quantitative estimate of drug-likeness (QED) is 0.126. The van der Waals surface area contributed by atoms with Gasteiger partial charge in [-0.05, 0) is 53.1 Å². The van der Waals surface area contributed by atoms with Gasteiger partial charge in [0.2, 0.25) is 0 Å². The van der Waals surface area contributed by atoms with Crippen LogP contribution in [-0.4, -0.2) is 44.1 Å². The molecule has 0 saturated heterocycles. The van der Waals surface area contributed by atoms with Crippen LogP contribution < -0.4 is 9.83 Å². The molecule has 2 aromatic carbocycles. The molecule has 1 N–H and O–H groups in total. The predicted octanol–water partition coefficient (Wildman–Crippen LogP) is 8.43. The number of benzene rings is 2. The van der Waals surface area contributed by atoms with Gasteiger partial charge in [0.1, 0.15) is 12.4 Å². The minimum atomic E-state index is -3.66. The number of hydrogen-bond acceptors (Lipinski definition) is 7. The second-order valence-electron chi connectivity index (χ2n) is 16.5. The molecule has 2 aliphatic rings. The summed E-state index contributed by atoms with van der Waals surface area (Å²) in [5.41, 5.74) is 0.362. The third-order valence-electron chi connectivity index (χ3n) is 11.0. The normalized spacial score (nSPS) is 23.7. The summed E-state index contributed by atoms with van der Waals surface area (Å²) in [7, 11) is -3.66. The van der Waals surface area contributed by atoms with Gasteiger partial charge < -0.3 is 19.1 Å². The maximum Gasteiger partial charge on any atom is 0.411 e. The molecule has 0 amide bonds. The molecule has 1 heterocycles. The van der Waals surface area contributed by atoms with E-state index >= 15 is 0 Å². The summed E-state index contributed by atoms with van der Waals surface area (Å²) in [6.07, 6.45) is 2.33. The van der Waals surface area contributed by atoms with Gasteiger partial charge in [-0.3, -0.25) is 9.32 Å². The predicted molar refractivity (Wildman–Crippen MR) is 180 cm³/mol. The van der Waals surface area contributed by atoms with E-state index < -0.39 is 13.0 Å². The van der Waals surface area contributed by atoms with Gasteiger partial charge in [0, 0.05) is 16.5 Å². The molecular weight excluding hydrogens is 587 g/mol. The molecule has 7 nitrogen and oxygen atoms in total. The van der Waals surface area contributed by atoms with E-state index in [0.29, 0.717) is 30.7 Å². The first-order chi connectivity index (χ1) is 20.7. The van der Waals surface area contributed by atoms with Crippen molar-refractivity contribution in [2.45, 2.75) is 88.5 Å². The van der Waals surface area contributed by atoms with Crippen LogP contribution in [0.1, 0.15) is 88.5 Å². The summed E-state index contributed by atoms with van der Waals surface area (Å²) >= 11 is 0. The minimum Gasteiger partial charge on any atom is -0.463 e. The molecule has 8 heteroatoms. The largest absolute Gasteiger partial charge is 0.463 e. The number of hydrogen-bond donors (Lipinski definition) is 1. The zero-order valence-corrected chi connectivity index (χ0v) is 30.0. The molecular formula is C37H55O7P. The minimum absolute atomic E-state index is 0.00270. The average molecular weight is 643 g/mol. The zero-order valence-electron chi connectivity index (χ0n) is 29.1. The van der Waals surface area contributed by atoms with Crippen LogP contribution in [0.4, 0.5) is 0 Å². The molecule has 0 aromatic heterocycles. The number of esters is 1. The van der Waals surface area contributed by atoms with E-state index in [0.717, 1.165) is 24.0 Å². The van der Waals surface area contributed by atoms with E-state index in [9.17, 15) is 14.5 Å². The first-order valence-corrected chi connectivity index (χ1v) is 17.8. The van der Waals surface area contributed by atoms with Crippen LogP contribution in [0.15, 0.2) is 48.5 Å². The number of rotatable bonds is 14. The highest BCUT2D eigenvalue weighted by Gasteiger charge is 2.68. The van der Waals surface area contributed by atoms with Crippen LogP contribution in [0.2, 0.25) is 0 Å². The maximum absolute atomic E-state index is 13.9.